The minimum atomic E-state index is 0.509. The third-order valence-corrected chi connectivity index (χ3v) is 7.58. The predicted octanol–water partition coefficient (Wildman–Crippen LogP) is 9.14. The fraction of sp³-hybridized carbons (Fsp3) is 0.312. The molecule has 0 saturated heterocycles. The van der Waals surface area contributed by atoms with Crippen LogP contribution in [0, 0.1) is 5.92 Å². The van der Waals surface area contributed by atoms with Crippen molar-refractivity contribution in [3.8, 4) is 11.1 Å². The van der Waals surface area contributed by atoms with Crippen molar-refractivity contribution >= 4 is 6.08 Å². The molecule has 32 heavy (non-hydrogen) atoms. The standard InChI is InChI=1S/C32H34/c1-2-3-4-5-6-7-15-25(27-22-21-24-14-8-9-16-26(24)27)23-32-30-19-12-10-17-28(30)29-18-11-13-20-31(29)32/h2,8-14,16-22,25,27,32H,1,3-7,15,23H2. The Kier molecular flexibility index (Phi) is 6.39. The van der Waals surface area contributed by atoms with E-state index in [1.54, 1.807) is 0 Å². The Labute approximate surface area is 193 Å². The summed E-state index contributed by atoms with van der Waals surface area (Å²) in [6.07, 6.45) is 15.8. The van der Waals surface area contributed by atoms with Gasteiger partial charge in [-0.25, -0.2) is 0 Å². The summed E-state index contributed by atoms with van der Waals surface area (Å²) in [6, 6.07) is 27.2. The van der Waals surface area contributed by atoms with Crippen LogP contribution in [0.1, 0.15) is 79.0 Å². The second kappa shape index (κ2) is 9.74. The monoisotopic (exact) mass is 418 g/mol. The van der Waals surface area contributed by atoms with Crippen molar-refractivity contribution in [3.05, 3.63) is 114 Å². The zero-order chi connectivity index (χ0) is 21.8. The molecule has 0 radical (unpaired) electrons. The maximum Gasteiger partial charge on any atom is 0.0105 e. The molecule has 2 atom stereocenters. The van der Waals surface area contributed by atoms with E-state index in [4.69, 9.17) is 0 Å². The molecule has 0 N–H and O–H groups in total. The highest BCUT2D eigenvalue weighted by atomic mass is 14.4. The second-order valence-electron chi connectivity index (χ2n) is 9.52. The molecule has 0 aliphatic heterocycles. The van der Waals surface area contributed by atoms with Gasteiger partial charge in [-0.05, 0) is 65.0 Å². The predicted molar refractivity (Wildman–Crippen MR) is 138 cm³/mol. The highest BCUT2D eigenvalue weighted by Crippen LogP contribution is 2.50. The van der Waals surface area contributed by atoms with Crippen molar-refractivity contribution in [1.82, 2.24) is 0 Å². The Morgan fingerprint density at radius 2 is 1.34 bits per heavy atom. The molecule has 0 saturated carbocycles. The first-order valence-electron chi connectivity index (χ1n) is 12.4. The number of unbranched alkanes of at least 4 members (excludes halogenated alkanes) is 4. The van der Waals surface area contributed by atoms with Gasteiger partial charge in [0.25, 0.3) is 0 Å². The van der Waals surface area contributed by atoms with Crippen molar-refractivity contribution in [1.29, 1.82) is 0 Å². The van der Waals surface area contributed by atoms with Crippen LogP contribution in [0.5, 0.6) is 0 Å². The topological polar surface area (TPSA) is 0 Å². The number of hydrogen-bond acceptors (Lipinski definition) is 0. The van der Waals surface area contributed by atoms with Crippen molar-refractivity contribution in [2.45, 2.75) is 56.8 Å². The van der Waals surface area contributed by atoms with Crippen molar-refractivity contribution < 1.29 is 0 Å². The Bertz CT molecular complexity index is 1060. The van der Waals surface area contributed by atoms with E-state index in [-0.39, 0.29) is 0 Å². The fourth-order valence-corrected chi connectivity index (χ4v) is 6.00. The van der Waals surface area contributed by atoms with Crippen LogP contribution in [-0.2, 0) is 0 Å². The van der Waals surface area contributed by atoms with E-state index in [2.05, 4.69) is 97.6 Å². The van der Waals surface area contributed by atoms with Crippen LogP contribution < -0.4 is 0 Å². The number of allylic oxidation sites excluding steroid dienone is 2. The largest absolute Gasteiger partial charge is 0.103 e. The smallest absolute Gasteiger partial charge is 0.0105 e. The molecule has 0 heterocycles. The second-order valence-corrected chi connectivity index (χ2v) is 9.52. The van der Waals surface area contributed by atoms with E-state index in [9.17, 15) is 0 Å². The Morgan fingerprint density at radius 3 is 2.06 bits per heavy atom. The van der Waals surface area contributed by atoms with Gasteiger partial charge < -0.3 is 0 Å². The van der Waals surface area contributed by atoms with Gasteiger partial charge in [0.05, 0.1) is 0 Å². The summed E-state index contributed by atoms with van der Waals surface area (Å²) >= 11 is 0. The third kappa shape index (κ3) is 4.11. The van der Waals surface area contributed by atoms with Crippen LogP contribution in [0.2, 0.25) is 0 Å². The molecule has 0 bridgehead atoms. The molecule has 0 spiro atoms. The molecule has 0 heteroatoms. The van der Waals surface area contributed by atoms with Gasteiger partial charge in [-0.1, -0.05) is 110 Å². The SMILES string of the molecule is C=CCCCCCCC(CC1c2ccccc2-c2ccccc21)C1C=Cc2ccccc21. The van der Waals surface area contributed by atoms with Crippen molar-refractivity contribution in [2.75, 3.05) is 0 Å². The molecule has 0 fully saturated rings. The van der Waals surface area contributed by atoms with Gasteiger partial charge in [0, 0.05) is 11.8 Å². The number of benzene rings is 3. The van der Waals surface area contributed by atoms with E-state index in [1.165, 1.54) is 71.9 Å². The molecule has 0 amide bonds. The van der Waals surface area contributed by atoms with E-state index >= 15 is 0 Å². The van der Waals surface area contributed by atoms with Crippen LogP contribution in [0.25, 0.3) is 17.2 Å². The molecule has 162 valence electrons. The van der Waals surface area contributed by atoms with E-state index in [1.807, 2.05) is 0 Å². The van der Waals surface area contributed by atoms with Crippen LogP contribution in [-0.4, -0.2) is 0 Å². The average molecular weight is 419 g/mol. The van der Waals surface area contributed by atoms with Crippen LogP contribution in [0.3, 0.4) is 0 Å². The number of rotatable bonds is 10. The summed E-state index contributed by atoms with van der Waals surface area (Å²) in [6.45, 7) is 3.87. The maximum absolute atomic E-state index is 3.87. The summed E-state index contributed by atoms with van der Waals surface area (Å²) in [5.74, 6) is 1.71. The first kappa shape index (κ1) is 21.0. The van der Waals surface area contributed by atoms with E-state index in [0.717, 1.165) is 6.42 Å². The molecule has 0 nitrogen and oxygen atoms in total. The fourth-order valence-electron chi connectivity index (χ4n) is 6.00. The zero-order valence-electron chi connectivity index (χ0n) is 19.0. The van der Waals surface area contributed by atoms with Gasteiger partial charge >= 0.3 is 0 Å². The molecule has 2 aliphatic rings. The highest BCUT2D eigenvalue weighted by Gasteiger charge is 2.33. The molecule has 3 aromatic rings. The summed E-state index contributed by atoms with van der Waals surface area (Å²) < 4.78 is 0. The van der Waals surface area contributed by atoms with Gasteiger partial charge in [0.1, 0.15) is 0 Å². The average Bonchev–Trinajstić information content (AvgIpc) is 3.40. The summed E-state index contributed by atoms with van der Waals surface area (Å²) in [5.41, 5.74) is 8.89. The summed E-state index contributed by atoms with van der Waals surface area (Å²) in [7, 11) is 0. The Hall–Kier alpha value is -2.86. The van der Waals surface area contributed by atoms with Gasteiger partial charge in [0.15, 0.2) is 0 Å². The Morgan fingerprint density at radius 1 is 0.719 bits per heavy atom. The molecule has 5 rings (SSSR count). The number of hydrogen-bond donors (Lipinski definition) is 0. The summed E-state index contributed by atoms with van der Waals surface area (Å²) in [4.78, 5) is 0. The van der Waals surface area contributed by atoms with Crippen molar-refractivity contribution in [3.63, 3.8) is 0 Å². The molecule has 3 aromatic carbocycles. The highest BCUT2D eigenvalue weighted by molar-refractivity contribution is 5.78. The van der Waals surface area contributed by atoms with Crippen LogP contribution in [0.4, 0.5) is 0 Å². The van der Waals surface area contributed by atoms with E-state index in [0.29, 0.717) is 17.8 Å². The lowest BCUT2D eigenvalue weighted by Gasteiger charge is -2.28. The first-order chi connectivity index (χ1) is 15.9. The van der Waals surface area contributed by atoms with Crippen LogP contribution in [0.15, 0.2) is 91.5 Å². The van der Waals surface area contributed by atoms with Gasteiger partial charge in [-0.3, -0.25) is 0 Å². The minimum absolute atomic E-state index is 0.509. The van der Waals surface area contributed by atoms with E-state index < -0.39 is 0 Å². The van der Waals surface area contributed by atoms with Gasteiger partial charge in [-0.2, -0.15) is 0 Å². The molecular formula is C32H34. The minimum Gasteiger partial charge on any atom is -0.103 e. The first-order valence-corrected chi connectivity index (χ1v) is 12.4. The summed E-state index contributed by atoms with van der Waals surface area (Å²) in [5, 5.41) is 0. The van der Waals surface area contributed by atoms with Crippen LogP contribution >= 0.6 is 0 Å². The lowest BCUT2D eigenvalue weighted by molar-refractivity contribution is 0.379. The quantitative estimate of drug-likeness (QED) is 0.227. The maximum atomic E-state index is 3.87. The number of fused-ring (bicyclic) bond motifs is 4. The lowest BCUT2D eigenvalue weighted by atomic mass is 9.76. The van der Waals surface area contributed by atoms with Crippen molar-refractivity contribution in [2.24, 2.45) is 5.92 Å². The molecular weight excluding hydrogens is 384 g/mol. The van der Waals surface area contributed by atoms with Gasteiger partial charge in [0.2, 0.25) is 0 Å². The zero-order valence-corrected chi connectivity index (χ0v) is 19.0. The lowest BCUT2D eigenvalue weighted by Crippen LogP contribution is -2.14. The molecule has 2 aliphatic carbocycles. The van der Waals surface area contributed by atoms with Gasteiger partial charge in [-0.15, -0.1) is 6.58 Å². The molecule has 0 aromatic heterocycles. The Balaban J connectivity index is 1.40. The normalized spacial score (nSPS) is 17.1. The molecule has 2 unspecified atom stereocenters. The third-order valence-electron chi connectivity index (χ3n) is 7.58.